The second kappa shape index (κ2) is 8.77. The normalized spacial score (nSPS) is 14.8. The van der Waals surface area contributed by atoms with Gasteiger partial charge in [-0.05, 0) is 37.6 Å². The SMILES string of the molecule is CC(CCS(C)=O)NS(=O)(=O)CCSc1ccc(N)cc1. The standard InChI is InChI=1S/C13H22N2O3S3/c1-11(7-9-20(2)16)15-21(17,18)10-8-19-13-5-3-12(14)4-6-13/h3-6,11,15H,7-10,14H2,1-2H3. The molecule has 0 fully saturated rings. The molecule has 1 rings (SSSR count). The minimum Gasteiger partial charge on any atom is -0.399 e. The Labute approximate surface area is 133 Å². The van der Waals surface area contributed by atoms with Crippen LogP contribution in [-0.4, -0.2) is 42.2 Å². The van der Waals surface area contributed by atoms with E-state index in [1.165, 1.54) is 11.8 Å². The Balaban J connectivity index is 2.35. The van der Waals surface area contributed by atoms with E-state index in [0.29, 0.717) is 23.6 Å². The largest absolute Gasteiger partial charge is 0.399 e. The van der Waals surface area contributed by atoms with Crippen molar-refractivity contribution in [3.8, 4) is 0 Å². The predicted octanol–water partition coefficient (Wildman–Crippen LogP) is 1.44. The molecule has 21 heavy (non-hydrogen) atoms. The lowest BCUT2D eigenvalue weighted by Crippen LogP contribution is -2.35. The van der Waals surface area contributed by atoms with Gasteiger partial charge in [0.1, 0.15) is 0 Å². The molecule has 0 aliphatic carbocycles. The van der Waals surface area contributed by atoms with E-state index in [0.717, 1.165) is 4.90 Å². The van der Waals surface area contributed by atoms with Crippen molar-refractivity contribution < 1.29 is 12.6 Å². The first-order valence-corrected chi connectivity index (χ1v) is 10.9. The van der Waals surface area contributed by atoms with Crippen molar-refractivity contribution in [3.63, 3.8) is 0 Å². The minimum atomic E-state index is -3.30. The molecule has 0 aromatic heterocycles. The summed E-state index contributed by atoms with van der Waals surface area (Å²) in [6.45, 7) is 1.79. The summed E-state index contributed by atoms with van der Waals surface area (Å²) in [7, 11) is -4.20. The number of nitrogens with one attached hydrogen (secondary N) is 1. The number of hydrogen-bond acceptors (Lipinski definition) is 5. The van der Waals surface area contributed by atoms with E-state index in [1.54, 1.807) is 25.3 Å². The lowest BCUT2D eigenvalue weighted by Gasteiger charge is -2.13. The minimum absolute atomic E-state index is 0.0571. The molecule has 0 radical (unpaired) electrons. The number of sulfonamides is 1. The Morgan fingerprint density at radius 3 is 2.52 bits per heavy atom. The molecule has 0 aliphatic rings. The summed E-state index contributed by atoms with van der Waals surface area (Å²) < 4.78 is 37.4. The molecule has 0 bridgehead atoms. The zero-order valence-electron chi connectivity index (χ0n) is 12.2. The average Bonchev–Trinajstić information content (AvgIpc) is 2.38. The summed E-state index contributed by atoms with van der Waals surface area (Å²) in [5, 5.41) is 0. The highest BCUT2D eigenvalue weighted by atomic mass is 32.2. The van der Waals surface area contributed by atoms with Crippen LogP contribution < -0.4 is 10.5 Å². The third-order valence-electron chi connectivity index (χ3n) is 2.72. The molecule has 2 unspecified atom stereocenters. The van der Waals surface area contributed by atoms with Crippen LogP contribution >= 0.6 is 11.8 Å². The zero-order valence-corrected chi connectivity index (χ0v) is 14.7. The summed E-state index contributed by atoms with van der Waals surface area (Å²) in [6, 6.07) is 7.14. The first-order valence-electron chi connectivity index (χ1n) is 6.57. The fraction of sp³-hybridized carbons (Fsp3) is 0.538. The highest BCUT2D eigenvalue weighted by molar-refractivity contribution is 8.00. The summed E-state index contributed by atoms with van der Waals surface area (Å²) in [5.41, 5.74) is 6.28. The van der Waals surface area contributed by atoms with Crippen molar-refractivity contribution >= 4 is 38.3 Å². The Morgan fingerprint density at radius 1 is 1.33 bits per heavy atom. The molecule has 5 nitrogen and oxygen atoms in total. The lowest BCUT2D eigenvalue weighted by molar-refractivity contribution is 0.557. The second-order valence-electron chi connectivity index (χ2n) is 4.82. The molecule has 120 valence electrons. The van der Waals surface area contributed by atoms with Gasteiger partial charge in [0, 0.05) is 45.2 Å². The van der Waals surface area contributed by atoms with Gasteiger partial charge in [-0.15, -0.1) is 11.8 Å². The number of benzene rings is 1. The first kappa shape index (κ1) is 18.5. The maximum absolute atomic E-state index is 11.9. The number of nitrogen functional groups attached to an aromatic ring is 1. The Morgan fingerprint density at radius 2 is 1.95 bits per heavy atom. The monoisotopic (exact) mass is 350 g/mol. The average molecular weight is 351 g/mol. The molecular formula is C13H22N2O3S3. The Hall–Kier alpha value is -0.570. The van der Waals surface area contributed by atoms with Gasteiger partial charge in [-0.2, -0.15) is 0 Å². The number of anilines is 1. The molecule has 0 aliphatic heterocycles. The van der Waals surface area contributed by atoms with E-state index in [-0.39, 0.29) is 11.8 Å². The van der Waals surface area contributed by atoms with Gasteiger partial charge in [-0.3, -0.25) is 4.21 Å². The quantitative estimate of drug-likeness (QED) is 0.519. The molecule has 0 amide bonds. The Bertz CT molecular complexity index is 559. The predicted molar refractivity (Wildman–Crippen MR) is 91.5 cm³/mol. The van der Waals surface area contributed by atoms with Crippen molar-refractivity contribution in [1.82, 2.24) is 4.72 Å². The molecule has 0 saturated carbocycles. The van der Waals surface area contributed by atoms with Crippen LogP contribution in [0.2, 0.25) is 0 Å². The van der Waals surface area contributed by atoms with Crippen LogP contribution in [0.3, 0.4) is 0 Å². The highest BCUT2D eigenvalue weighted by Gasteiger charge is 2.14. The van der Waals surface area contributed by atoms with Gasteiger partial charge in [-0.1, -0.05) is 0 Å². The molecular weight excluding hydrogens is 328 g/mol. The van der Waals surface area contributed by atoms with Crippen LogP contribution in [0.15, 0.2) is 29.2 Å². The lowest BCUT2D eigenvalue weighted by atomic mass is 10.3. The zero-order chi connectivity index (χ0) is 15.9. The molecule has 3 N–H and O–H groups in total. The third-order valence-corrected chi connectivity index (χ3v) is 6.31. The van der Waals surface area contributed by atoms with Gasteiger partial charge in [0.2, 0.25) is 10.0 Å². The van der Waals surface area contributed by atoms with E-state index in [1.807, 2.05) is 12.1 Å². The van der Waals surface area contributed by atoms with Crippen LogP contribution in [0.4, 0.5) is 5.69 Å². The summed E-state index contributed by atoms with van der Waals surface area (Å²) in [5.74, 6) is 1.04. The van der Waals surface area contributed by atoms with Crippen molar-refractivity contribution in [1.29, 1.82) is 0 Å². The molecule has 0 heterocycles. The van der Waals surface area contributed by atoms with Crippen LogP contribution in [0.5, 0.6) is 0 Å². The van der Waals surface area contributed by atoms with Gasteiger partial charge in [0.25, 0.3) is 0 Å². The summed E-state index contributed by atoms with van der Waals surface area (Å²) in [4.78, 5) is 0.994. The Kier molecular flexibility index (Phi) is 7.72. The van der Waals surface area contributed by atoms with Gasteiger partial charge in [0.15, 0.2) is 0 Å². The maximum atomic E-state index is 11.9. The van der Waals surface area contributed by atoms with E-state index < -0.39 is 20.8 Å². The molecule has 0 saturated heterocycles. The fourth-order valence-corrected chi connectivity index (χ4v) is 4.91. The molecule has 1 aromatic carbocycles. The number of rotatable bonds is 9. The first-order chi connectivity index (χ1) is 9.78. The topological polar surface area (TPSA) is 89.3 Å². The smallest absolute Gasteiger partial charge is 0.212 e. The van der Waals surface area contributed by atoms with Crippen LogP contribution in [-0.2, 0) is 20.8 Å². The van der Waals surface area contributed by atoms with Gasteiger partial charge < -0.3 is 5.73 Å². The van der Waals surface area contributed by atoms with E-state index in [2.05, 4.69) is 4.72 Å². The van der Waals surface area contributed by atoms with Crippen LogP contribution in [0, 0.1) is 0 Å². The number of thioether (sulfide) groups is 1. The van der Waals surface area contributed by atoms with Crippen LogP contribution in [0.25, 0.3) is 0 Å². The summed E-state index contributed by atoms with van der Waals surface area (Å²) in [6.07, 6.45) is 2.19. The third kappa shape index (κ3) is 8.45. The molecule has 8 heteroatoms. The number of nitrogens with two attached hydrogens (primary N) is 1. The number of hydrogen-bond donors (Lipinski definition) is 2. The molecule has 2 atom stereocenters. The maximum Gasteiger partial charge on any atom is 0.212 e. The molecule has 1 aromatic rings. The summed E-state index contributed by atoms with van der Waals surface area (Å²) >= 11 is 1.48. The fourth-order valence-electron chi connectivity index (χ4n) is 1.60. The molecule has 0 spiro atoms. The van der Waals surface area contributed by atoms with Gasteiger partial charge in [-0.25, -0.2) is 13.1 Å². The van der Waals surface area contributed by atoms with Crippen molar-refractivity contribution in [3.05, 3.63) is 24.3 Å². The van der Waals surface area contributed by atoms with Gasteiger partial charge >= 0.3 is 0 Å². The van der Waals surface area contributed by atoms with E-state index in [4.69, 9.17) is 5.73 Å². The van der Waals surface area contributed by atoms with Crippen molar-refractivity contribution in [2.24, 2.45) is 0 Å². The van der Waals surface area contributed by atoms with E-state index >= 15 is 0 Å². The van der Waals surface area contributed by atoms with Crippen molar-refractivity contribution in [2.45, 2.75) is 24.3 Å². The highest BCUT2D eigenvalue weighted by Crippen LogP contribution is 2.19. The van der Waals surface area contributed by atoms with Crippen molar-refractivity contribution in [2.75, 3.05) is 29.2 Å². The second-order valence-corrected chi connectivity index (χ2v) is 9.42. The van der Waals surface area contributed by atoms with Crippen LogP contribution in [0.1, 0.15) is 13.3 Å². The van der Waals surface area contributed by atoms with E-state index in [9.17, 15) is 12.6 Å². The van der Waals surface area contributed by atoms with Gasteiger partial charge in [0.05, 0.1) is 5.75 Å².